The lowest BCUT2D eigenvalue weighted by Crippen LogP contribution is -2.37. The van der Waals surface area contributed by atoms with Gasteiger partial charge in [-0.2, -0.15) is 5.10 Å². The van der Waals surface area contributed by atoms with Crippen LogP contribution in [-0.2, 0) is 4.79 Å². The molecule has 27 heavy (non-hydrogen) atoms. The average molecular weight is 371 g/mol. The first-order valence-corrected chi connectivity index (χ1v) is 9.56. The van der Waals surface area contributed by atoms with Gasteiger partial charge in [0.1, 0.15) is 11.6 Å². The standard InChI is InChI=1S/C20H29N5O2/c1-20(2,7-10-25-8-5-4-6-9-25)19(26)22-18-12-17(23-24-18)15-11-16(27-3)14-21-13-15/h11-14H,4-10H2,1-3H3,(H2,22,23,24,26). The minimum absolute atomic E-state index is 0.00141. The fourth-order valence-corrected chi connectivity index (χ4v) is 3.23. The summed E-state index contributed by atoms with van der Waals surface area (Å²) < 4.78 is 5.20. The number of ether oxygens (including phenoxy) is 1. The van der Waals surface area contributed by atoms with E-state index in [1.807, 2.05) is 26.0 Å². The highest BCUT2D eigenvalue weighted by Gasteiger charge is 2.29. The Labute approximate surface area is 160 Å². The molecular weight excluding hydrogens is 342 g/mol. The van der Waals surface area contributed by atoms with E-state index >= 15 is 0 Å². The average Bonchev–Trinajstić information content (AvgIpc) is 3.16. The lowest BCUT2D eigenvalue weighted by molar-refractivity contribution is -0.124. The molecular formula is C20H29N5O2. The Morgan fingerprint density at radius 3 is 2.78 bits per heavy atom. The predicted molar refractivity (Wildman–Crippen MR) is 106 cm³/mol. The number of methoxy groups -OCH3 is 1. The number of carbonyl (C=O) groups excluding carboxylic acids is 1. The van der Waals surface area contributed by atoms with Gasteiger partial charge < -0.3 is 15.0 Å². The zero-order chi connectivity index (χ0) is 19.3. The second-order valence-corrected chi connectivity index (χ2v) is 7.77. The molecule has 7 heteroatoms. The molecule has 0 unspecified atom stereocenters. The zero-order valence-electron chi connectivity index (χ0n) is 16.4. The summed E-state index contributed by atoms with van der Waals surface area (Å²) in [6.45, 7) is 7.25. The molecule has 0 atom stereocenters. The SMILES string of the molecule is COc1cncc(-c2cc(NC(=O)C(C)(C)CCN3CCCCC3)[nH]n2)c1. The number of nitrogens with zero attached hydrogens (tertiary/aromatic N) is 3. The monoisotopic (exact) mass is 371 g/mol. The first kappa shape index (κ1) is 19.4. The predicted octanol–water partition coefficient (Wildman–Crippen LogP) is 3.32. The number of anilines is 1. The number of nitrogens with one attached hydrogen (secondary N) is 2. The van der Waals surface area contributed by atoms with E-state index in [4.69, 9.17) is 4.74 Å². The number of likely N-dealkylation sites (tertiary alicyclic amines) is 1. The van der Waals surface area contributed by atoms with Crippen molar-refractivity contribution in [2.75, 3.05) is 32.1 Å². The van der Waals surface area contributed by atoms with Gasteiger partial charge >= 0.3 is 0 Å². The van der Waals surface area contributed by atoms with E-state index in [1.165, 1.54) is 19.3 Å². The van der Waals surface area contributed by atoms with Crippen LogP contribution in [0.1, 0.15) is 39.5 Å². The van der Waals surface area contributed by atoms with Crippen LogP contribution in [0.3, 0.4) is 0 Å². The van der Waals surface area contributed by atoms with Crippen molar-refractivity contribution >= 4 is 11.7 Å². The molecule has 3 heterocycles. The van der Waals surface area contributed by atoms with E-state index in [0.717, 1.165) is 31.6 Å². The van der Waals surface area contributed by atoms with Crippen LogP contribution in [0, 0.1) is 5.41 Å². The van der Waals surface area contributed by atoms with E-state index in [0.29, 0.717) is 17.3 Å². The van der Waals surface area contributed by atoms with Crippen LogP contribution in [-0.4, -0.2) is 52.7 Å². The Morgan fingerprint density at radius 1 is 1.26 bits per heavy atom. The molecule has 1 fully saturated rings. The Bertz CT molecular complexity index is 765. The quantitative estimate of drug-likeness (QED) is 0.780. The van der Waals surface area contributed by atoms with Gasteiger partial charge in [0.05, 0.1) is 19.0 Å². The van der Waals surface area contributed by atoms with Crippen LogP contribution in [0.15, 0.2) is 24.5 Å². The summed E-state index contributed by atoms with van der Waals surface area (Å²) >= 11 is 0. The molecule has 1 aliphatic heterocycles. The fraction of sp³-hybridized carbons (Fsp3) is 0.550. The van der Waals surface area contributed by atoms with Crippen molar-refractivity contribution in [1.82, 2.24) is 20.1 Å². The van der Waals surface area contributed by atoms with Crippen molar-refractivity contribution in [2.45, 2.75) is 39.5 Å². The topological polar surface area (TPSA) is 83.1 Å². The number of aromatic amines is 1. The third-order valence-corrected chi connectivity index (χ3v) is 5.19. The number of carbonyl (C=O) groups is 1. The first-order chi connectivity index (χ1) is 13.0. The van der Waals surface area contributed by atoms with Crippen molar-refractivity contribution < 1.29 is 9.53 Å². The summed E-state index contributed by atoms with van der Waals surface area (Å²) in [7, 11) is 1.60. The summed E-state index contributed by atoms with van der Waals surface area (Å²) in [4.78, 5) is 19.3. The van der Waals surface area contributed by atoms with E-state index in [9.17, 15) is 4.79 Å². The molecule has 1 saturated heterocycles. The number of amides is 1. The minimum Gasteiger partial charge on any atom is -0.495 e. The van der Waals surface area contributed by atoms with Gasteiger partial charge in [-0.25, -0.2) is 0 Å². The van der Waals surface area contributed by atoms with E-state index in [2.05, 4.69) is 25.4 Å². The maximum atomic E-state index is 12.7. The van der Waals surface area contributed by atoms with Crippen LogP contribution >= 0.6 is 0 Å². The number of aromatic nitrogens is 3. The van der Waals surface area contributed by atoms with Crippen molar-refractivity contribution in [3.8, 4) is 17.0 Å². The third kappa shape index (κ3) is 5.07. The van der Waals surface area contributed by atoms with Gasteiger partial charge in [0.2, 0.25) is 5.91 Å². The molecule has 0 radical (unpaired) electrons. The first-order valence-electron chi connectivity index (χ1n) is 9.56. The summed E-state index contributed by atoms with van der Waals surface area (Å²) in [5.74, 6) is 1.25. The summed E-state index contributed by atoms with van der Waals surface area (Å²) in [6, 6.07) is 3.67. The van der Waals surface area contributed by atoms with Crippen LogP contribution in [0.4, 0.5) is 5.82 Å². The lowest BCUT2D eigenvalue weighted by Gasteiger charge is -2.30. The molecule has 0 aromatic carbocycles. The minimum atomic E-state index is -0.444. The molecule has 0 bridgehead atoms. The van der Waals surface area contributed by atoms with Crippen molar-refractivity contribution in [3.05, 3.63) is 24.5 Å². The molecule has 0 aliphatic carbocycles. The van der Waals surface area contributed by atoms with Gasteiger partial charge in [0.15, 0.2) is 0 Å². The lowest BCUT2D eigenvalue weighted by atomic mass is 9.87. The fourth-order valence-electron chi connectivity index (χ4n) is 3.23. The highest BCUT2D eigenvalue weighted by molar-refractivity contribution is 5.94. The summed E-state index contributed by atoms with van der Waals surface area (Å²) in [5.41, 5.74) is 1.10. The zero-order valence-corrected chi connectivity index (χ0v) is 16.4. The number of H-pyrrole nitrogens is 1. The highest BCUT2D eigenvalue weighted by Crippen LogP contribution is 2.26. The molecule has 146 valence electrons. The molecule has 0 saturated carbocycles. The number of hydrogen-bond acceptors (Lipinski definition) is 5. The van der Waals surface area contributed by atoms with Crippen LogP contribution in [0.5, 0.6) is 5.75 Å². The number of rotatable bonds is 7. The summed E-state index contributed by atoms with van der Waals surface area (Å²) in [5, 5.41) is 10.1. The molecule has 0 spiro atoms. The maximum Gasteiger partial charge on any atom is 0.231 e. The largest absolute Gasteiger partial charge is 0.495 e. The maximum absolute atomic E-state index is 12.7. The van der Waals surface area contributed by atoms with Crippen molar-refractivity contribution in [2.24, 2.45) is 5.41 Å². The van der Waals surface area contributed by atoms with Gasteiger partial charge in [0, 0.05) is 23.2 Å². The summed E-state index contributed by atoms with van der Waals surface area (Å²) in [6.07, 6.45) is 8.05. The molecule has 7 nitrogen and oxygen atoms in total. The van der Waals surface area contributed by atoms with Crippen LogP contribution in [0.25, 0.3) is 11.3 Å². The van der Waals surface area contributed by atoms with E-state index < -0.39 is 5.41 Å². The van der Waals surface area contributed by atoms with Gasteiger partial charge in [0.25, 0.3) is 0 Å². The third-order valence-electron chi connectivity index (χ3n) is 5.19. The van der Waals surface area contributed by atoms with Crippen LogP contribution < -0.4 is 10.1 Å². The van der Waals surface area contributed by atoms with Crippen LogP contribution in [0.2, 0.25) is 0 Å². The molecule has 2 aromatic heterocycles. The Hall–Kier alpha value is -2.41. The number of piperidine rings is 1. The van der Waals surface area contributed by atoms with Crippen molar-refractivity contribution in [1.29, 1.82) is 0 Å². The highest BCUT2D eigenvalue weighted by atomic mass is 16.5. The van der Waals surface area contributed by atoms with Gasteiger partial charge in [-0.1, -0.05) is 20.3 Å². The second kappa shape index (κ2) is 8.52. The smallest absolute Gasteiger partial charge is 0.231 e. The number of hydrogen-bond donors (Lipinski definition) is 2. The normalized spacial score (nSPS) is 15.5. The van der Waals surface area contributed by atoms with Gasteiger partial charge in [-0.15, -0.1) is 0 Å². The molecule has 1 amide bonds. The second-order valence-electron chi connectivity index (χ2n) is 7.77. The van der Waals surface area contributed by atoms with Gasteiger partial charge in [-0.3, -0.25) is 14.9 Å². The molecule has 1 aliphatic rings. The molecule has 3 rings (SSSR count). The molecule has 2 aromatic rings. The Morgan fingerprint density at radius 2 is 2.04 bits per heavy atom. The van der Waals surface area contributed by atoms with Gasteiger partial charge in [-0.05, 0) is 45.0 Å². The van der Waals surface area contributed by atoms with E-state index in [1.54, 1.807) is 19.5 Å². The van der Waals surface area contributed by atoms with E-state index in [-0.39, 0.29) is 5.91 Å². The molecule has 2 N–H and O–H groups in total. The Balaban J connectivity index is 1.59. The number of pyridine rings is 1. The van der Waals surface area contributed by atoms with Crippen molar-refractivity contribution in [3.63, 3.8) is 0 Å². The Kier molecular flexibility index (Phi) is 6.11.